The van der Waals surface area contributed by atoms with E-state index in [1.54, 1.807) is 0 Å². The highest BCUT2D eigenvalue weighted by Crippen LogP contribution is 2.30. The van der Waals surface area contributed by atoms with Crippen molar-refractivity contribution in [2.24, 2.45) is 0 Å². The monoisotopic (exact) mass is 560 g/mol. The summed E-state index contributed by atoms with van der Waals surface area (Å²) in [4.78, 5) is 0. The van der Waals surface area contributed by atoms with Gasteiger partial charge in [-0.15, -0.1) is 0 Å². The molecule has 0 aliphatic rings. The molecule has 0 amide bonds. The lowest BCUT2D eigenvalue weighted by molar-refractivity contribution is -0.330. The fourth-order valence-electron chi connectivity index (χ4n) is 0.777. The van der Waals surface area contributed by atoms with E-state index in [0.717, 1.165) is 0 Å². The second-order valence-corrected chi connectivity index (χ2v) is 5.23. The lowest BCUT2D eigenvalue weighted by atomic mass is 10.4. The van der Waals surface area contributed by atoms with Gasteiger partial charge in [-0.2, -0.15) is 52.7 Å². The Bertz CT molecular complexity index is 496. The molecule has 0 atom stereocenters. The quantitative estimate of drug-likeness (QED) is 0.276. The van der Waals surface area contributed by atoms with E-state index in [2.05, 4.69) is 14.2 Å². The highest BCUT2D eigenvalue weighted by atomic mass is 19.4. The number of rotatable bonds is 10. The van der Waals surface area contributed by atoms with Crippen LogP contribution in [0.5, 0.6) is 0 Å². The fraction of sp³-hybridized carbons (Fsp3) is 1.00. The topological polar surface area (TPSA) is 27.7 Å². The molecule has 0 N–H and O–H groups in total. The largest absolute Gasteiger partial charge is 0.416 e. The maximum atomic E-state index is 11.9. The summed E-state index contributed by atoms with van der Waals surface area (Å²) in [5, 5.41) is 0. The minimum atomic E-state index is -5.15. The van der Waals surface area contributed by atoms with Gasteiger partial charge in [0.15, 0.2) is 0 Å². The van der Waals surface area contributed by atoms with Crippen LogP contribution < -0.4 is 0 Å². The molecule has 0 unspecified atom stereocenters. The molecule has 0 rings (SSSR count). The Morgan fingerprint density at radius 2 is 0.824 bits per heavy atom. The summed E-state index contributed by atoms with van der Waals surface area (Å²) < 4.78 is 214. The van der Waals surface area contributed by atoms with Crippen LogP contribution in [0.25, 0.3) is 0 Å². The molecule has 0 heterocycles. The molecule has 0 bridgehead atoms. The first-order valence-electron chi connectivity index (χ1n) is 7.77. The Morgan fingerprint density at radius 3 is 1.03 bits per heavy atom. The Labute approximate surface area is 177 Å². The SMILES string of the molecule is CCOCC(F)(F)F.FC(F)C(F)(F)COC(F)(F)C(F)F.FC(F)C(F)(F)OCC(F)(F)F. The van der Waals surface area contributed by atoms with Crippen LogP contribution >= 0.6 is 0 Å². The number of hydrogen-bond acceptors (Lipinski definition) is 3. The standard InChI is InChI=1S/C5H4F8O.C4H3F7O.C4H7F3O/c6-2(7)4(10,11)1-14-5(12,13)3(8)9;5-2(6)4(10,11)12-1-3(7,8)9;1-2-8-3-4(5,6)7/h2-3H,1H2;2H,1H2;2-3H2,1H3. The van der Waals surface area contributed by atoms with Crippen molar-refractivity contribution in [2.45, 2.75) is 56.7 Å². The predicted molar refractivity (Wildman–Crippen MR) is 73.4 cm³/mol. The zero-order valence-corrected chi connectivity index (χ0v) is 16.1. The van der Waals surface area contributed by atoms with Gasteiger partial charge in [0.25, 0.3) is 0 Å². The average Bonchev–Trinajstić information content (AvgIpc) is 2.63. The normalized spacial score (nSPS) is 13.6. The third-order valence-corrected chi connectivity index (χ3v) is 2.18. The molecule has 0 radical (unpaired) electrons. The van der Waals surface area contributed by atoms with Gasteiger partial charge in [0.05, 0.1) is 0 Å². The summed E-state index contributed by atoms with van der Waals surface area (Å²) in [5.74, 6) is -4.88. The van der Waals surface area contributed by atoms with Crippen LogP contribution in [-0.4, -0.2) is 76.2 Å². The van der Waals surface area contributed by atoms with Gasteiger partial charge in [-0.25, -0.2) is 26.3 Å². The summed E-state index contributed by atoms with van der Waals surface area (Å²) in [7, 11) is 0. The van der Waals surface area contributed by atoms with E-state index < -0.39 is 69.6 Å². The van der Waals surface area contributed by atoms with Crippen LogP contribution in [0.3, 0.4) is 0 Å². The highest BCUT2D eigenvalue weighted by molar-refractivity contribution is 4.69. The van der Waals surface area contributed by atoms with E-state index in [0.29, 0.717) is 0 Å². The second kappa shape index (κ2) is 14.9. The minimum absolute atomic E-state index is 0.111. The Balaban J connectivity index is -0.000000440. The highest BCUT2D eigenvalue weighted by Gasteiger charge is 2.49. The predicted octanol–water partition coefficient (Wildman–Crippen LogP) is 6.77. The summed E-state index contributed by atoms with van der Waals surface area (Å²) in [6.45, 7) is -4.37. The zero-order chi connectivity index (χ0) is 28.2. The Hall–Kier alpha value is -1.38. The van der Waals surface area contributed by atoms with Crippen LogP contribution in [0.4, 0.5) is 79.0 Å². The number of ether oxygens (including phenoxy) is 3. The van der Waals surface area contributed by atoms with E-state index in [-0.39, 0.29) is 6.61 Å². The molecule has 0 fully saturated rings. The number of alkyl halides is 18. The summed E-state index contributed by atoms with van der Waals surface area (Å²) >= 11 is 0. The van der Waals surface area contributed by atoms with Gasteiger partial charge in [-0.05, 0) is 6.92 Å². The number of hydrogen-bond donors (Lipinski definition) is 0. The van der Waals surface area contributed by atoms with Crippen LogP contribution in [0.2, 0.25) is 0 Å². The van der Waals surface area contributed by atoms with Crippen molar-refractivity contribution in [2.75, 3.05) is 26.4 Å². The molecule has 0 aromatic carbocycles. The minimum Gasteiger partial charge on any atom is -0.372 e. The maximum Gasteiger partial charge on any atom is 0.416 e. The van der Waals surface area contributed by atoms with Gasteiger partial charge in [0.2, 0.25) is 0 Å². The lowest BCUT2D eigenvalue weighted by Crippen LogP contribution is -2.39. The molecule has 0 aliphatic heterocycles. The van der Waals surface area contributed by atoms with E-state index in [1.807, 2.05) is 0 Å². The van der Waals surface area contributed by atoms with Gasteiger partial charge in [0.1, 0.15) is 19.8 Å². The second-order valence-electron chi connectivity index (χ2n) is 5.23. The summed E-state index contributed by atoms with van der Waals surface area (Å²) in [6.07, 6.45) is -32.3. The molecule has 0 saturated carbocycles. The van der Waals surface area contributed by atoms with Crippen molar-refractivity contribution < 1.29 is 93.2 Å². The lowest BCUT2D eigenvalue weighted by Gasteiger charge is -2.20. The van der Waals surface area contributed by atoms with Crippen molar-refractivity contribution >= 4 is 0 Å². The molecule has 0 spiro atoms. The third-order valence-electron chi connectivity index (χ3n) is 2.18. The number of halogens is 18. The van der Waals surface area contributed by atoms with Crippen LogP contribution in [0, 0.1) is 0 Å². The molecule has 0 saturated heterocycles. The fourth-order valence-corrected chi connectivity index (χ4v) is 0.777. The van der Waals surface area contributed by atoms with Crippen molar-refractivity contribution in [1.29, 1.82) is 0 Å². The Morgan fingerprint density at radius 1 is 0.500 bits per heavy atom. The van der Waals surface area contributed by atoms with E-state index in [4.69, 9.17) is 0 Å². The zero-order valence-electron chi connectivity index (χ0n) is 16.1. The maximum absolute atomic E-state index is 11.9. The van der Waals surface area contributed by atoms with Gasteiger partial charge in [-0.3, -0.25) is 0 Å². The Kier molecular flexibility index (Phi) is 16.3. The first-order valence-corrected chi connectivity index (χ1v) is 7.77. The molecular weight excluding hydrogens is 546 g/mol. The van der Waals surface area contributed by atoms with Gasteiger partial charge < -0.3 is 14.2 Å². The van der Waals surface area contributed by atoms with Crippen molar-refractivity contribution in [1.82, 2.24) is 0 Å². The molecule has 210 valence electrons. The van der Waals surface area contributed by atoms with Gasteiger partial charge in [-0.1, -0.05) is 0 Å². The van der Waals surface area contributed by atoms with E-state index >= 15 is 0 Å². The molecule has 0 aliphatic carbocycles. The third kappa shape index (κ3) is 21.2. The van der Waals surface area contributed by atoms with Gasteiger partial charge >= 0.3 is 49.8 Å². The summed E-state index contributed by atoms with van der Waals surface area (Å²) in [6, 6.07) is 0. The first-order chi connectivity index (χ1) is 14.8. The summed E-state index contributed by atoms with van der Waals surface area (Å²) in [5.41, 5.74) is 0. The van der Waals surface area contributed by atoms with Crippen LogP contribution in [0.15, 0.2) is 0 Å². The van der Waals surface area contributed by atoms with E-state index in [1.165, 1.54) is 6.92 Å². The van der Waals surface area contributed by atoms with Crippen molar-refractivity contribution in [3.63, 3.8) is 0 Å². The van der Waals surface area contributed by atoms with Crippen molar-refractivity contribution in [3.8, 4) is 0 Å². The van der Waals surface area contributed by atoms with Crippen LogP contribution in [-0.2, 0) is 14.2 Å². The van der Waals surface area contributed by atoms with E-state index in [9.17, 15) is 79.0 Å². The smallest absolute Gasteiger partial charge is 0.372 e. The molecule has 3 nitrogen and oxygen atoms in total. The van der Waals surface area contributed by atoms with Crippen LogP contribution in [0.1, 0.15) is 6.92 Å². The molecule has 0 aromatic rings. The molecular formula is C13H14F18O3. The molecule has 21 heteroatoms. The molecule has 0 aromatic heterocycles. The molecule has 34 heavy (non-hydrogen) atoms. The van der Waals surface area contributed by atoms with Crippen molar-refractivity contribution in [3.05, 3.63) is 0 Å². The van der Waals surface area contributed by atoms with Gasteiger partial charge in [0, 0.05) is 6.61 Å². The average molecular weight is 560 g/mol. The first kappa shape index (κ1) is 37.2.